The summed E-state index contributed by atoms with van der Waals surface area (Å²) >= 11 is 0. The summed E-state index contributed by atoms with van der Waals surface area (Å²) < 4.78 is 22.8. The number of benzene rings is 2. The highest BCUT2D eigenvalue weighted by Gasteiger charge is 2.36. The topological polar surface area (TPSA) is 202 Å². The predicted octanol–water partition coefficient (Wildman–Crippen LogP) is 4.18. The van der Waals surface area contributed by atoms with Gasteiger partial charge in [0.15, 0.2) is 0 Å². The van der Waals surface area contributed by atoms with Crippen LogP contribution in [0.3, 0.4) is 0 Å². The first kappa shape index (κ1) is 40.3. The minimum atomic E-state index is -0.611. The van der Waals surface area contributed by atoms with Crippen LogP contribution in [0, 0.1) is 11.8 Å². The van der Waals surface area contributed by atoms with Crippen molar-refractivity contribution < 1.29 is 48.5 Å². The standard InChI is InChI=1S/2C21H23N3O5/c2*25-20(23-27)15-3-4-17-12-24(21(26)14-5-8-28-9-6-14)18(13-29-19(17)10-15)16-2-1-7-22-11-16/h2*1-4,7,10-11,14,18,27H,5-6,8-9,12-13H2,(H,23,25)/t2*18-/m10/s1. The average Bonchev–Trinajstić information content (AvgIpc) is 3.61. The van der Waals surface area contributed by atoms with Crippen molar-refractivity contribution >= 4 is 23.6 Å². The molecule has 4 aliphatic rings. The Morgan fingerprint density at radius 2 is 1.02 bits per heavy atom. The molecule has 6 heterocycles. The van der Waals surface area contributed by atoms with Crippen molar-refractivity contribution in [2.45, 2.75) is 50.9 Å². The Bertz CT molecular complexity index is 1910. The van der Waals surface area contributed by atoms with Crippen molar-refractivity contribution in [2.75, 3.05) is 39.6 Å². The lowest BCUT2D eigenvalue weighted by molar-refractivity contribution is -0.143. The van der Waals surface area contributed by atoms with Crippen LogP contribution in [0.25, 0.3) is 0 Å². The zero-order valence-corrected chi connectivity index (χ0v) is 31.8. The Kier molecular flexibility index (Phi) is 13.2. The number of pyridine rings is 2. The quantitative estimate of drug-likeness (QED) is 0.161. The molecule has 304 valence electrons. The fourth-order valence-electron chi connectivity index (χ4n) is 7.68. The van der Waals surface area contributed by atoms with E-state index in [2.05, 4.69) is 9.97 Å². The van der Waals surface area contributed by atoms with Gasteiger partial charge in [-0.1, -0.05) is 24.3 Å². The van der Waals surface area contributed by atoms with Gasteiger partial charge in [-0.15, -0.1) is 0 Å². The molecule has 58 heavy (non-hydrogen) atoms. The van der Waals surface area contributed by atoms with E-state index in [9.17, 15) is 19.2 Å². The Hall–Kier alpha value is -5.94. The van der Waals surface area contributed by atoms with Crippen molar-refractivity contribution in [3.63, 3.8) is 0 Å². The summed E-state index contributed by atoms with van der Waals surface area (Å²) in [6.07, 6.45) is 9.71. The summed E-state index contributed by atoms with van der Waals surface area (Å²) in [5.41, 5.74) is 7.25. The Morgan fingerprint density at radius 1 is 0.603 bits per heavy atom. The molecule has 4 aromatic rings. The molecule has 4 N–H and O–H groups in total. The molecule has 4 amide bonds. The molecule has 2 fully saturated rings. The van der Waals surface area contributed by atoms with Crippen LogP contribution < -0.4 is 20.4 Å². The van der Waals surface area contributed by atoms with Gasteiger partial charge in [-0.3, -0.25) is 39.6 Å². The molecule has 0 radical (unpaired) electrons. The highest BCUT2D eigenvalue weighted by molar-refractivity contribution is 5.94. The number of hydroxylamine groups is 2. The number of ether oxygens (including phenoxy) is 4. The van der Waals surface area contributed by atoms with Gasteiger partial charge in [0.2, 0.25) is 11.8 Å². The summed E-state index contributed by atoms with van der Waals surface area (Å²) in [6, 6.07) is 16.9. The van der Waals surface area contributed by atoms with Crippen LogP contribution in [0.15, 0.2) is 85.5 Å². The maximum atomic E-state index is 13.4. The fraction of sp³-hybridized carbons (Fsp3) is 0.381. The van der Waals surface area contributed by atoms with Crippen molar-refractivity contribution in [1.29, 1.82) is 0 Å². The number of nitrogens with zero attached hydrogens (tertiary/aromatic N) is 4. The van der Waals surface area contributed by atoms with Gasteiger partial charge >= 0.3 is 0 Å². The van der Waals surface area contributed by atoms with E-state index in [-0.39, 0.29) is 60.1 Å². The van der Waals surface area contributed by atoms with Crippen LogP contribution in [0.2, 0.25) is 0 Å². The third-order valence-corrected chi connectivity index (χ3v) is 10.9. The van der Waals surface area contributed by atoms with Gasteiger partial charge in [0, 0.05) is 85.3 Å². The molecule has 8 rings (SSSR count). The molecule has 0 bridgehead atoms. The van der Waals surface area contributed by atoms with Crippen molar-refractivity contribution in [2.24, 2.45) is 11.8 Å². The van der Waals surface area contributed by atoms with Gasteiger partial charge < -0.3 is 28.7 Å². The van der Waals surface area contributed by atoms with Crippen LogP contribution in [0.5, 0.6) is 11.5 Å². The summed E-state index contributed by atoms with van der Waals surface area (Å²) in [7, 11) is 0. The van der Waals surface area contributed by atoms with E-state index in [1.165, 1.54) is 0 Å². The zero-order chi connectivity index (χ0) is 40.4. The van der Waals surface area contributed by atoms with E-state index in [1.807, 2.05) is 34.1 Å². The molecule has 2 aromatic heterocycles. The van der Waals surface area contributed by atoms with E-state index in [1.54, 1.807) is 72.1 Å². The largest absolute Gasteiger partial charge is 0.491 e. The third kappa shape index (κ3) is 9.26. The Morgan fingerprint density at radius 3 is 1.38 bits per heavy atom. The van der Waals surface area contributed by atoms with Crippen LogP contribution >= 0.6 is 0 Å². The molecule has 16 heteroatoms. The number of hydrogen-bond donors (Lipinski definition) is 4. The second-order valence-corrected chi connectivity index (χ2v) is 14.5. The molecule has 0 aliphatic carbocycles. The number of carbonyl (C=O) groups is 4. The maximum absolute atomic E-state index is 13.4. The minimum Gasteiger partial charge on any atom is -0.491 e. The first-order chi connectivity index (χ1) is 28.3. The maximum Gasteiger partial charge on any atom is 0.274 e. The number of fused-ring (bicyclic) bond motifs is 2. The van der Waals surface area contributed by atoms with Crippen molar-refractivity contribution in [3.8, 4) is 11.5 Å². The fourth-order valence-corrected chi connectivity index (χ4v) is 7.68. The number of hydrogen-bond acceptors (Lipinski definition) is 12. The van der Waals surface area contributed by atoms with E-state index in [4.69, 9.17) is 29.4 Å². The molecule has 2 saturated heterocycles. The molecule has 4 aliphatic heterocycles. The summed E-state index contributed by atoms with van der Waals surface area (Å²) in [5, 5.41) is 17.8. The zero-order valence-electron chi connectivity index (χ0n) is 31.8. The molecule has 0 spiro atoms. The highest BCUT2D eigenvalue weighted by Crippen LogP contribution is 2.36. The average molecular weight is 795 g/mol. The van der Waals surface area contributed by atoms with Gasteiger partial charge in [-0.05, 0) is 73.2 Å². The first-order valence-electron chi connectivity index (χ1n) is 19.3. The number of carbonyl (C=O) groups excluding carboxylic acids is 4. The normalized spacial score (nSPS) is 19.6. The van der Waals surface area contributed by atoms with Crippen molar-refractivity contribution in [1.82, 2.24) is 30.7 Å². The Labute approximate surface area is 335 Å². The highest BCUT2D eigenvalue weighted by atomic mass is 16.5. The summed E-state index contributed by atoms with van der Waals surface area (Å²) in [4.78, 5) is 62.4. The van der Waals surface area contributed by atoms with E-state index >= 15 is 0 Å². The number of nitrogens with one attached hydrogen (secondary N) is 2. The van der Waals surface area contributed by atoms with Gasteiger partial charge in [0.25, 0.3) is 11.8 Å². The summed E-state index contributed by atoms with van der Waals surface area (Å²) in [5.74, 6) is -0.164. The number of aromatic nitrogens is 2. The van der Waals surface area contributed by atoms with Crippen LogP contribution in [-0.2, 0) is 32.2 Å². The predicted molar refractivity (Wildman–Crippen MR) is 205 cm³/mol. The monoisotopic (exact) mass is 794 g/mol. The lowest BCUT2D eigenvalue weighted by atomic mass is 9.96. The molecule has 0 unspecified atom stereocenters. The molecule has 16 nitrogen and oxygen atoms in total. The molecule has 2 aromatic carbocycles. The van der Waals surface area contributed by atoms with Crippen LogP contribution in [-0.4, -0.2) is 93.5 Å². The number of amides is 4. The number of rotatable bonds is 6. The first-order valence-corrected chi connectivity index (χ1v) is 19.3. The van der Waals surface area contributed by atoms with Crippen molar-refractivity contribution in [3.05, 3.63) is 119 Å². The molecular weight excluding hydrogens is 748 g/mol. The van der Waals surface area contributed by atoms with E-state index < -0.39 is 11.8 Å². The molecule has 2 atom stereocenters. The lowest BCUT2D eigenvalue weighted by Gasteiger charge is -2.33. The van der Waals surface area contributed by atoms with Gasteiger partial charge in [0.1, 0.15) is 24.7 Å². The third-order valence-electron chi connectivity index (χ3n) is 10.9. The van der Waals surface area contributed by atoms with E-state index in [0.717, 1.165) is 22.3 Å². The summed E-state index contributed by atoms with van der Waals surface area (Å²) in [6.45, 7) is 3.60. The second kappa shape index (κ2) is 19.0. The van der Waals surface area contributed by atoms with Gasteiger partial charge in [-0.2, -0.15) is 0 Å². The SMILES string of the molecule is O=C(NO)c1ccc2c(c1)OC[C@@H](c1cccnc1)N(C(=O)C1CCOCC1)C2.O=C(NO)c1ccc2c(c1)OC[C@H](c1cccnc1)N(C(=O)C1CCOCC1)C2. The second-order valence-electron chi connectivity index (χ2n) is 14.5. The smallest absolute Gasteiger partial charge is 0.274 e. The van der Waals surface area contributed by atoms with E-state index in [0.29, 0.717) is 76.7 Å². The lowest BCUT2D eigenvalue weighted by Crippen LogP contribution is -2.41. The van der Waals surface area contributed by atoms with Crippen LogP contribution in [0.1, 0.15) is 80.7 Å². The minimum absolute atomic E-state index is 0.0794. The van der Waals surface area contributed by atoms with Gasteiger partial charge in [-0.25, -0.2) is 11.0 Å². The Balaban J connectivity index is 0.000000177. The van der Waals surface area contributed by atoms with Gasteiger partial charge in [0.05, 0.1) is 25.2 Å². The van der Waals surface area contributed by atoms with Crippen LogP contribution in [0.4, 0.5) is 0 Å². The molecule has 0 saturated carbocycles. The molecular formula is C42H46N6O10.